The van der Waals surface area contributed by atoms with Crippen LogP contribution in [0.1, 0.15) is 29.0 Å². The number of hydrogen-bond donors (Lipinski definition) is 1. The standard InChI is InChI=1S/C23H23N3O3/c1-16-24-14-21(22(25-16)17-6-3-2-4-7-17)23(27)26-18-9-11-19(12-10-18)29-15-20-8-5-13-28-20/h2-4,6-7,9-12,14,20H,5,8,13,15H2,1H3,(H,26,27). The lowest BCUT2D eigenvalue weighted by molar-refractivity contribution is 0.0679. The van der Waals surface area contributed by atoms with E-state index in [4.69, 9.17) is 9.47 Å². The van der Waals surface area contributed by atoms with Crippen LogP contribution in [0.4, 0.5) is 5.69 Å². The van der Waals surface area contributed by atoms with Crippen molar-refractivity contribution in [1.29, 1.82) is 0 Å². The largest absolute Gasteiger partial charge is 0.491 e. The lowest BCUT2D eigenvalue weighted by Crippen LogP contribution is -2.16. The van der Waals surface area contributed by atoms with Crippen LogP contribution in [0, 0.1) is 6.92 Å². The molecule has 0 saturated carbocycles. The van der Waals surface area contributed by atoms with Gasteiger partial charge in [0.25, 0.3) is 5.91 Å². The Balaban J connectivity index is 1.45. The van der Waals surface area contributed by atoms with Crippen LogP contribution in [0.2, 0.25) is 0 Å². The van der Waals surface area contributed by atoms with E-state index in [1.54, 1.807) is 6.20 Å². The molecule has 3 aromatic rings. The van der Waals surface area contributed by atoms with Crippen molar-refractivity contribution in [3.05, 3.63) is 72.2 Å². The topological polar surface area (TPSA) is 73.3 Å². The fraction of sp³-hybridized carbons (Fsp3) is 0.261. The van der Waals surface area contributed by atoms with Crippen LogP contribution in [-0.4, -0.2) is 35.2 Å². The van der Waals surface area contributed by atoms with Crippen molar-refractivity contribution < 1.29 is 14.3 Å². The number of ether oxygens (including phenoxy) is 2. The lowest BCUT2D eigenvalue weighted by Gasteiger charge is -2.13. The molecule has 1 saturated heterocycles. The highest BCUT2D eigenvalue weighted by Gasteiger charge is 2.17. The third-order valence-corrected chi connectivity index (χ3v) is 4.77. The Kier molecular flexibility index (Phi) is 5.81. The minimum Gasteiger partial charge on any atom is -0.491 e. The van der Waals surface area contributed by atoms with E-state index in [0.717, 1.165) is 30.8 Å². The summed E-state index contributed by atoms with van der Waals surface area (Å²) in [5, 5.41) is 2.91. The summed E-state index contributed by atoms with van der Waals surface area (Å²) in [5.74, 6) is 1.12. The number of hydrogen-bond acceptors (Lipinski definition) is 5. The fourth-order valence-electron chi connectivity index (χ4n) is 3.25. The Hall–Kier alpha value is -3.25. The molecule has 0 aliphatic carbocycles. The van der Waals surface area contributed by atoms with Crippen molar-refractivity contribution in [1.82, 2.24) is 9.97 Å². The minimum atomic E-state index is -0.253. The highest BCUT2D eigenvalue weighted by atomic mass is 16.5. The number of rotatable bonds is 6. The average molecular weight is 389 g/mol. The Morgan fingerprint density at radius 1 is 1.17 bits per heavy atom. The van der Waals surface area contributed by atoms with Crippen molar-refractivity contribution in [2.24, 2.45) is 0 Å². The first-order valence-corrected chi connectivity index (χ1v) is 9.74. The van der Waals surface area contributed by atoms with E-state index < -0.39 is 0 Å². The van der Waals surface area contributed by atoms with Crippen molar-refractivity contribution >= 4 is 11.6 Å². The summed E-state index contributed by atoms with van der Waals surface area (Å²) < 4.78 is 11.3. The molecule has 1 aromatic heterocycles. The first-order chi connectivity index (χ1) is 14.2. The van der Waals surface area contributed by atoms with Crippen molar-refractivity contribution in [2.45, 2.75) is 25.9 Å². The van der Waals surface area contributed by atoms with E-state index in [0.29, 0.717) is 29.4 Å². The van der Waals surface area contributed by atoms with Crippen molar-refractivity contribution in [2.75, 3.05) is 18.5 Å². The number of aromatic nitrogens is 2. The summed E-state index contributed by atoms with van der Waals surface area (Å²) in [5.41, 5.74) is 2.60. The smallest absolute Gasteiger partial charge is 0.259 e. The second kappa shape index (κ2) is 8.84. The van der Waals surface area contributed by atoms with E-state index >= 15 is 0 Å². The number of carbonyl (C=O) groups is 1. The van der Waals surface area contributed by atoms with Gasteiger partial charge in [0.1, 0.15) is 18.2 Å². The summed E-state index contributed by atoms with van der Waals surface area (Å²) in [7, 11) is 0. The van der Waals surface area contributed by atoms with E-state index in [1.165, 1.54) is 0 Å². The second-order valence-electron chi connectivity index (χ2n) is 6.97. The van der Waals surface area contributed by atoms with Crippen molar-refractivity contribution in [3.63, 3.8) is 0 Å². The van der Waals surface area contributed by atoms with Gasteiger partial charge in [0.15, 0.2) is 0 Å². The molecule has 29 heavy (non-hydrogen) atoms. The van der Waals surface area contributed by atoms with Gasteiger partial charge in [-0.2, -0.15) is 0 Å². The molecule has 0 spiro atoms. The molecule has 6 heteroatoms. The molecule has 1 aliphatic heterocycles. The molecule has 1 aliphatic rings. The molecular weight excluding hydrogens is 366 g/mol. The average Bonchev–Trinajstić information content (AvgIpc) is 3.27. The minimum absolute atomic E-state index is 0.173. The van der Waals surface area contributed by atoms with Gasteiger partial charge in [0, 0.05) is 24.1 Å². The van der Waals surface area contributed by atoms with E-state index in [-0.39, 0.29) is 12.0 Å². The maximum absolute atomic E-state index is 12.9. The van der Waals surface area contributed by atoms with Gasteiger partial charge in [-0.15, -0.1) is 0 Å². The molecule has 0 radical (unpaired) electrons. The SMILES string of the molecule is Cc1ncc(C(=O)Nc2ccc(OCC3CCCO3)cc2)c(-c2ccccc2)n1. The maximum atomic E-state index is 12.9. The molecule has 2 heterocycles. The maximum Gasteiger partial charge on any atom is 0.259 e. The summed E-state index contributed by atoms with van der Waals surface area (Å²) >= 11 is 0. The molecule has 1 N–H and O–H groups in total. The van der Waals surface area contributed by atoms with Crippen LogP contribution in [-0.2, 0) is 4.74 Å². The monoisotopic (exact) mass is 389 g/mol. The summed E-state index contributed by atoms with van der Waals surface area (Å²) in [4.78, 5) is 21.5. The van der Waals surface area contributed by atoms with Crippen molar-refractivity contribution in [3.8, 4) is 17.0 Å². The molecule has 1 fully saturated rings. The van der Waals surface area contributed by atoms with Gasteiger partial charge in [-0.1, -0.05) is 30.3 Å². The zero-order chi connectivity index (χ0) is 20.1. The first kappa shape index (κ1) is 19.1. The quantitative estimate of drug-likeness (QED) is 0.682. The van der Waals surface area contributed by atoms with Gasteiger partial charge in [0.05, 0.1) is 17.4 Å². The third kappa shape index (κ3) is 4.78. The molecule has 6 nitrogen and oxygen atoms in total. The Bertz CT molecular complexity index is 968. The van der Waals surface area contributed by atoms with Gasteiger partial charge in [0.2, 0.25) is 0 Å². The zero-order valence-corrected chi connectivity index (χ0v) is 16.3. The number of anilines is 1. The Morgan fingerprint density at radius 2 is 1.97 bits per heavy atom. The Labute approximate surface area is 169 Å². The molecule has 1 amide bonds. The van der Waals surface area contributed by atoms with Crippen LogP contribution in [0.5, 0.6) is 5.75 Å². The number of carbonyl (C=O) groups excluding carboxylic acids is 1. The fourth-order valence-corrected chi connectivity index (χ4v) is 3.25. The van der Waals surface area contributed by atoms with Crippen LogP contribution in [0.25, 0.3) is 11.3 Å². The second-order valence-corrected chi connectivity index (χ2v) is 6.97. The molecule has 4 rings (SSSR count). The van der Waals surface area contributed by atoms with Gasteiger partial charge >= 0.3 is 0 Å². The van der Waals surface area contributed by atoms with Gasteiger partial charge < -0.3 is 14.8 Å². The Morgan fingerprint density at radius 3 is 2.69 bits per heavy atom. The summed E-state index contributed by atoms with van der Waals surface area (Å²) in [6.07, 6.45) is 3.87. The highest BCUT2D eigenvalue weighted by molar-refractivity contribution is 6.07. The predicted octanol–water partition coefficient (Wildman–Crippen LogP) is 4.26. The molecule has 1 atom stereocenters. The van der Waals surface area contributed by atoms with Crippen LogP contribution in [0.3, 0.4) is 0 Å². The highest BCUT2D eigenvalue weighted by Crippen LogP contribution is 2.23. The zero-order valence-electron chi connectivity index (χ0n) is 16.3. The molecule has 0 bridgehead atoms. The normalized spacial score (nSPS) is 15.8. The van der Waals surface area contributed by atoms with Gasteiger partial charge in [-0.3, -0.25) is 4.79 Å². The van der Waals surface area contributed by atoms with E-state index in [1.807, 2.05) is 61.5 Å². The summed E-state index contributed by atoms with van der Waals surface area (Å²) in [6.45, 7) is 3.17. The third-order valence-electron chi connectivity index (χ3n) is 4.77. The van der Waals surface area contributed by atoms with Crippen LogP contribution < -0.4 is 10.1 Å². The number of benzene rings is 2. The van der Waals surface area contributed by atoms with Crippen LogP contribution >= 0.6 is 0 Å². The number of nitrogens with zero attached hydrogens (tertiary/aromatic N) is 2. The molecule has 148 valence electrons. The number of nitrogens with one attached hydrogen (secondary N) is 1. The van der Waals surface area contributed by atoms with Crippen LogP contribution in [0.15, 0.2) is 60.8 Å². The molecule has 1 unspecified atom stereocenters. The number of aryl methyl sites for hydroxylation is 1. The lowest BCUT2D eigenvalue weighted by atomic mass is 10.1. The van der Waals surface area contributed by atoms with Gasteiger partial charge in [-0.05, 0) is 44.0 Å². The summed E-state index contributed by atoms with van der Waals surface area (Å²) in [6, 6.07) is 17.0. The predicted molar refractivity (Wildman–Crippen MR) is 111 cm³/mol. The first-order valence-electron chi connectivity index (χ1n) is 9.74. The van der Waals surface area contributed by atoms with E-state index in [9.17, 15) is 4.79 Å². The molecular formula is C23H23N3O3. The van der Waals surface area contributed by atoms with E-state index in [2.05, 4.69) is 15.3 Å². The molecule has 2 aromatic carbocycles. The van der Waals surface area contributed by atoms with Gasteiger partial charge in [-0.25, -0.2) is 9.97 Å². The number of amides is 1.